The van der Waals surface area contributed by atoms with Crippen molar-refractivity contribution in [3.63, 3.8) is 0 Å². The van der Waals surface area contributed by atoms with Crippen molar-refractivity contribution in [3.05, 3.63) is 0 Å². The summed E-state index contributed by atoms with van der Waals surface area (Å²) in [7, 11) is 3.94. The molecule has 0 aromatic carbocycles. The highest BCUT2D eigenvalue weighted by Gasteiger charge is 2.38. The zero-order valence-electron chi connectivity index (χ0n) is 11.5. The Morgan fingerprint density at radius 3 is 2.95 bits per heavy atom. The number of hydrogen-bond acceptors (Lipinski definition) is 7. The average molecular weight is 302 g/mol. The van der Waals surface area contributed by atoms with Crippen LogP contribution in [0.25, 0.3) is 0 Å². The van der Waals surface area contributed by atoms with E-state index in [1.165, 1.54) is 0 Å². The maximum absolute atomic E-state index is 9.42. The molecular formula is C12H22N4OS2. The molecule has 0 spiro atoms. The van der Waals surface area contributed by atoms with Crippen LogP contribution in [0.4, 0.5) is 5.13 Å². The van der Waals surface area contributed by atoms with E-state index in [2.05, 4.69) is 10.2 Å². The summed E-state index contributed by atoms with van der Waals surface area (Å²) >= 11 is 3.35. The zero-order chi connectivity index (χ0) is 13.9. The molecule has 3 N–H and O–H groups in total. The Balaban J connectivity index is 1.80. The summed E-state index contributed by atoms with van der Waals surface area (Å²) < 4.78 is 1.01. The van der Waals surface area contributed by atoms with Crippen LogP contribution in [-0.4, -0.2) is 47.3 Å². The summed E-state index contributed by atoms with van der Waals surface area (Å²) in [4.78, 5) is 1.97. The molecule has 1 aliphatic carbocycles. The van der Waals surface area contributed by atoms with Crippen molar-refractivity contribution in [2.45, 2.75) is 35.6 Å². The van der Waals surface area contributed by atoms with Crippen molar-refractivity contribution in [1.29, 1.82) is 0 Å². The van der Waals surface area contributed by atoms with Crippen LogP contribution in [-0.2, 0) is 0 Å². The van der Waals surface area contributed by atoms with Crippen LogP contribution < -0.4 is 10.6 Å². The SMILES string of the molecule is CN(C)c1nnc(SCCC2CCCC2(N)CO)s1. The van der Waals surface area contributed by atoms with Gasteiger partial charge in [-0.2, -0.15) is 0 Å². The molecule has 1 aliphatic rings. The van der Waals surface area contributed by atoms with Gasteiger partial charge in [-0.1, -0.05) is 29.5 Å². The van der Waals surface area contributed by atoms with Crippen LogP contribution in [0.5, 0.6) is 0 Å². The molecule has 1 heterocycles. The molecule has 2 rings (SSSR count). The summed E-state index contributed by atoms with van der Waals surface area (Å²) in [6, 6.07) is 0. The molecule has 5 nitrogen and oxygen atoms in total. The van der Waals surface area contributed by atoms with Crippen LogP contribution in [0, 0.1) is 5.92 Å². The van der Waals surface area contributed by atoms with Crippen molar-refractivity contribution < 1.29 is 5.11 Å². The fourth-order valence-corrected chi connectivity index (χ4v) is 4.43. The molecule has 0 amide bonds. The monoisotopic (exact) mass is 302 g/mol. The van der Waals surface area contributed by atoms with Gasteiger partial charge in [-0.15, -0.1) is 10.2 Å². The lowest BCUT2D eigenvalue weighted by Crippen LogP contribution is -2.47. The minimum absolute atomic E-state index is 0.103. The number of anilines is 1. The van der Waals surface area contributed by atoms with Gasteiger partial charge in [-0.25, -0.2) is 0 Å². The first kappa shape index (κ1) is 15.0. The molecule has 108 valence electrons. The predicted octanol–water partition coefficient (Wildman–Crippen LogP) is 1.58. The van der Waals surface area contributed by atoms with Crippen LogP contribution in [0.1, 0.15) is 25.7 Å². The van der Waals surface area contributed by atoms with Gasteiger partial charge in [0.1, 0.15) is 0 Å². The lowest BCUT2D eigenvalue weighted by atomic mass is 9.87. The number of nitrogens with two attached hydrogens (primary N) is 1. The third kappa shape index (κ3) is 3.59. The van der Waals surface area contributed by atoms with E-state index in [4.69, 9.17) is 5.73 Å². The highest BCUT2D eigenvalue weighted by atomic mass is 32.2. The molecule has 0 saturated heterocycles. The molecule has 7 heteroatoms. The van der Waals surface area contributed by atoms with Crippen LogP contribution in [0.15, 0.2) is 4.34 Å². The maximum atomic E-state index is 9.42. The Kier molecular flexibility index (Phi) is 5.05. The van der Waals surface area contributed by atoms with Crippen molar-refractivity contribution >= 4 is 28.2 Å². The van der Waals surface area contributed by atoms with Gasteiger partial charge in [0.15, 0.2) is 4.34 Å². The number of nitrogens with zero attached hydrogens (tertiary/aromatic N) is 3. The number of rotatable bonds is 6. The molecule has 1 aromatic heterocycles. The number of thioether (sulfide) groups is 1. The summed E-state index contributed by atoms with van der Waals surface area (Å²) in [6.07, 6.45) is 4.26. The lowest BCUT2D eigenvalue weighted by Gasteiger charge is -2.29. The second-order valence-electron chi connectivity index (χ2n) is 5.36. The quantitative estimate of drug-likeness (QED) is 0.777. The Bertz CT molecular complexity index is 412. The van der Waals surface area contributed by atoms with Crippen LogP contribution >= 0.6 is 23.1 Å². The van der Waals surface area contributed by atoms with Gasteiger partial charge in [0, 0.05) is 25.4 Å². The Labute approximate surface area is 122 Å². The highest BCUT2D eigenvalue weighted by Crippen LogP contribution is 2.37. The van der Waals surface area contributed by atoms with Gasteiger partial charge in [0.05, 0.1) is 6.61 Å². The molecule has 0 bridgehead atoms. The first-order valence-electron chi connectivity index (χ1n) is 6.58. The van der Waals surface area contributed by atoms with E-state index in [1.807, 2.05) is 19.0 Å². The smallest absolute Gasteiger partial charge is 0.208 e. The van der Waals surface area contributed by atoms with Gasteiger partial charge < -0.3 is 15.7 Å². The summed E-state index contributed by atoms with van der Waals surface area (Å²) in [5, 5.41) is 18.6. The Morgan fingerprint density at radius 1 is 1.53 bits per heavy atom. The van der Waals surface area contributed by atoms with Gasteiger partial charge in [0.2, 0.25) is 5.13 Å². The van der Waals surface area contributed by atoms with E-state index in [1.54, 1.807) is 23.1 Å². The Hall–Kier alpha value is -0.370. The normalized spacial score (nSPS) is 26.8. The topological polar surface area (TPSA) is 75.3 Å². The van der Waals surface area contributed by atoms with E-state index in [9.17, 15) is 5.11 Å². The molecule has 1 fully saturated rings. The van der Waals surface area contributed by atoms with Crippen molar-refractivity contribution in [2.24, 2.45) is 11.7 Å². The fourth-order valence-electron chi connectivity index (χ4n) is 2.54. The van der Waals surface area contributed by atoms with Crippen molar-refractivity contribution in [2.75, 3.05) is 31.4 Å². The second-order valence-corrected chi connectivity index (χ2v) is 7.66. The standard InChI is InChI=1S/C12H22N4OS2/c1-16(2)10-14-15-11(19-10)18-7-5-9-4-3-6-12(9,13)8-17/h9,17H,3-8,13H2,1-2H3. The van der Waals surface area contributed by atoms with E-state index >= 15 is 0 Å². The van der Waals surface area contributed by atoms with Gasteiger partial charge in [-0.3, -0.25) is 0 Å². The average Bonchev–Trinajstić information content (AvgIpc) is 2.98. The molecular weight excluding hydrogens is 280 g/mol. The number of aliphatic hydroxyl groups is 1. The summed E-state index contributed by atoms with van der Waals surface area (Å²) in [5.41, 5.74) is 5.88. The minimum Gasteiger partial charge on any atom is -0.394 e. The van der Waals surface area contributed by atoms with E-state index < -0.39 is 0 Å². The summed E-state index contributed by atoms with van der Waals surface area (Å²) in [6.45, 7) is 0.103. The maximum Gasteiger partial charge on any atom is 0.208 e. The van der Waals surface area contributed by atoms with E-state index in [-0.39, 0.29) is 12.1 Å². The van der Waals surface area contributed by atoms with Gasteiger partial charge >= 0.3 is 0 Å². The van der Waals surface area contributed by atoms with E-state index in [0.29, 0.717) is 5.92 Å². The molecule has 2 unspecified atom stereocenters. The van der Waals surface area contributed by atoms with Crippen molar-refractivity contribution in [1.82, 2.24) is 10.2 Å². The number of aromatic nitrogens is 2. The fraction of sp³-hybridized carbons (Fsp3) is 0.833. The van der Waals surface area contributed by atoms with Crippen LogP contribution in [0.2, 0.25) is 0 Å². The van der Waals surface area contributed by atoms with Gasteiger partial charge in [0.25, 0.3) is 0 Å². The highest BCUT2D eigenvalue weighted by molar-refractivity contribution is 8.01. The molecule has 1 saturated carbocycles. The first-order chi connectivity index (χ1) is 9.05. The third-order valence-electron chi connectivity index (χ3n) is 3.77. The molecule has 0 radical (unpaired) electrons. The van der Waals surface area contributed by atoms with Gasteiger partial charge in [-0.05, 0) is 25.2 Å². The molecule has 1 aromatic rings. The third-order valence-corrected chi connectivity index (χ3v) is 6.03. The lowest BCUT2D eigenvalue weighted by molar-refractivity contribution is 0.158. The predicted molar refractivity (Wildman–Crippen MR) is 80.9 cm³/mol. The summed E-state index contributed by atoms with van der Waals surface area (Å²) in [5.74, 6) is 1.43. The van der Waals surface area contributed by atoms with Crippen LogP contribution in [0.3, 0.4) is 0 Å². The minimum atomic E-state index is -0.351. The number of aliphatic hydroxyl groups excluding tert-OH is 1. The van der Waals surface area contributed by atoms with E-state index in [0.717, 1.165) is 40.9 Å². The molecule has 2 atom stereocenters. The second kappa shape index (κ2) is 6.39. The zero-order valence-corrected chi connectivity index (χ0v) is 13.1. The Morgan fingerprint density at radius 2 is 2.32 bits per heavy atom. The first-order valence-corrected chi connectivity index (χ1v) is 8.39. The number of hydrogen-bond donors (Lipinski definition) is 2. The van der Waals surface area contributed by atoms with Crippen molar-refractivity contribution in [3.8, 4) is 0 Å². The molecule has 19 heavy (non-hydrogen) atoms. The largest absolute Gasteiger partial charge is 0.394 e. The molecule has 0 aliphatic heterocycles.